The first-order chi connectivity index (χ1) is 12.4. The van der Waals surface area contributed by atoms with E-state index >= 15 is 0 Å². The van der Waals surface area contributed by atoms with Crippen molar-refractivity contribution in [1.29, 1.82) is 0 Å². The van der Waals surface area contributed by atoms with Crippen LogP contribution in [0.1, 0.15) is 27.4 Å². The topological polar surface area (TPSA) is 66.9 Å². The molecule has 0 unspecified atom stereocenters. The van der Waals surface area contributed by atoms with Crippen molar-refractivity contribution in [3.05, 3.63) is 77.0 Å². The minimum atomic E-state index is -0.426. The van der Waals surface area contributed by atoms with Crippen LogP contribution in [0.4, 0.5) is 21.6 Å². The Bertz CT molecular complexity index is 972. The average Bonchev–Trinajstić information content (AvgIpc) is 2.58. The molecule has 2 N–H and O–H groups in total. The molecule has 3 aromatic rings. The highest BCUT2D eigenvalue weighted by molar-refractivity contribution is 6.03. The second-order valence-corrected chi connectivity index (χ2v) is 6.02. The Kier molecular flexibility index (Phi) is 4.93. The van der Waals surface area contributed by atoms with Gasteiger partial charge >= 0.3 is 0 Å². The zero-order valence-electron chi connectivity index (χ0n) is 14.8. The van der Waals surface area contributed by atoms with E-state index in [1.54, 1.807) is 19.1 Å². The van der Waals surface area contributed by atoms with Crippen LogP contribution in [-0.4, -0.2) is 15.9 Å². The molecule has 1 aromatic heterocycles. The molecule has 3 rings (SSSR count). The molecule has 132 valence electrons. The molecule has 0 aliphatic heterocycles. The maximum absolute atomic E-state index is 13.3. The Balaban J connectivity index is 1.85. The maximum atomic E-state index is 13.3. The van der Waals surface area contributed by atoms with E-state index in [4.69, 9.17) is 0 Å². The Morgan fingerprint density at radius 3 is 2.54 bits per heavy atom. The fourth-order valence-electron chi connectivity index (χ4n) is 2.53. The number of halogens is 1. The largest absolute Gasteiger partial charge is 0.340 e. The van der Waals surface area contributed by atoms with E-state index < -0.39 is 11.7 Å². The number of rotatable bonds is 4. The standard InChI is InChI=1S/C20H19FN4O/c1-12-6-4-9-17(13(12)2)25-19-11-18(22-14(3)23-19)20(26)24-16-8-5-7-15(21)10-16/h4-11H,1-3H3,(H,24,26)(H,22,23,25). The lowest BCUT2D eigenvalue weighted by Gasteiger charge is -2.12. The zero-order chi connectivity index (χ0) is 18.7. The van der Waals surface area contributed by atoms with Crippen LogP contribution in [0.3, 0.4) is 0 Å². The van der Waals surface area contributed by atoms with Gasteiger partial charge in [0, 0.05) is 17.4 Å². The summed E-state index contributed by atoms with van der Waals surface area (Å²) in [4.78, 5) is 21.0. The van der Waals surface area contributed by atoms with Crippen LogP contribution in [0.15, 0.2) is 48.5 Å². The second kappa shape index (κ2) is 7.31. The highest BCUT2D eigenvalue weighted by Crippen LogP contribution is 2.22. The van der Waals surface area contributed by atoms with E-state index in [9.17, 15) is 9.18 Å². The Hall–Kier alpha value is -3.28. The zero-order valence-corrected chi connectivity index (χ0v) is 14.8. The number of amides is 1. The summed E-state index contributed by atoms with van der Waals surface area (Å²) in [6.07, 6.45) is 0. The number of anilines is 3. The third-order valence-corrected chi connectivity index (χ3v) is 4.02. The first-order valence-electron chi connectivity index (χ1n) is 8.18. The molecule has 1 heterocycles. The lowest BCUT2D eigenvalue weighted by molar-refractivity contribution is 0.102. The average molecular weight is 350 g/mol. The van der Waals surface area contributed by atoms with Crippen LogP contribution in [0.2, 0.25) is 0 Å². The van der Waals surface area contributed by atoms with Gasteiger partial charge in [-0.05, 0) is 56.2 Å². The van der Waals surface area contributed by atoms with Gasteiger partial charge in [0.15, 0.2) is 0 Å². The van der Waals surface area contributed by atoms with Gasteiger partial charge in [-0.15, -0.1) is 0 Å². The van der Waals surface area contributed by atoms with Crippen LogP contribution in [0.25, 0.3) is 0 Å². The lowest BCUT2D eigenvalue weighted by Crippen LogP contribution is -2.15. The lowest BCUT2D eigenvalue weighted by atomic mass is 10.1. The van der Waals surface area contributed by atoms with Gasteiger partial charge in [-0.1, -0.05) is 18.2 Å². The van der Waals surface area contributed by atoms with E-state index in [-0.39, 0.29) is 5.69 Å². The molecule has 2 aromatic carbocycles. The Labute approximate surface area is 151 Å². The van der Waals surface area contributed by atoms with Crippen molar-refractivity contribution in [1.82, 2.24) is 9.97 Å². The molecule has 0 bridgehead atoms. The van der Waals surface area contributed by atoms with Crippen molar-refractivity contribution < 1.29 is 9.18 Å². The first kappa shape index (κ1) is 17.5. The molecular formula is C20H19FN4O. The number of aryl methyl sites for hydroxylation is 2. The van der Waals surface area contributed by atoms with Crippen molar-refractivity contribution in [3.8, 4) is 0 Å². The van der Waals surface area contributed by atoms with Crippen LogP contribution in [0, 0.1) is 26.6 Å². The number of benzene rings is 2. The predicted octanol–water partition coefficient (Wildman–Crippen LogP) is 4.54. The summed E-state index contributed by atoms with van der Waals surface area (Å²) in [6.45, 7) is 5.76. The molecule has 0 aliphatic rings. The minimum Gasteiger partial charge on any atom is -0.340 e. The molecule has 1 amide bonds. The third-order valence-electron chi connectivity index (χ3n) is 4.02. The summed E-state index contributed by atoms with van der Waals surface area (Å²) < 4.78 is 13.3. The van der Waals surface area contributed by atoms with E-state index in [1.165, 1.54) is 18.2 Å². The maximum Gasteiger partial charge on any atom is 0.274 e. The molecule has 0 atom stereocenters. The normalized spacial score (nSPS) is 10.5. The molecule has 0 saturated heterocycles. The molecular weight excluding hydrogens is 331 g/mol. The quantitative estimate of drug-likeness (QED) is 0.725. The van der Waals surface area contributed by atoms with Gasteiger partial charge in [0.25, 0.3) is 5.91 Å². The fourth-order valence-corrected chi connectivity index (χ4v) is 2.53. The number of carbonyl (C=O) groups excluding carboxylic acids is 1. The number of hydrogen-bond acceptors (Lipinski definition) is 4. The number of aromatic nitrogens is 2. The summed E-state index contributed by atoms with van der Waals surface area (Å²) in [5.74, 6) is 0.143. The summed E-state index contributed by atoms with van der Waals surface area (Å²) >= 11 is 0. The summed E-state index contributed by atoms with van der Waals surface area (Å²) in [7, 11) is 0. The molecule has 0 aliphatic carbocycles. The van der Waals surface area contributed by atoms with Gasteiger partial charge in [0.05, 0.1) is 0 Å². The fraction of sp³-hybridized carbons (Fsp3) is 0.150. The SMILES string of the molecule is Cc1nc(Nc2cccc(C)c2C)cc(C(=O)Nc2cccc(F)c2)n1. The third kappa shape index (κ3) is 4.03. The van der Waals surface area contributed by atoms with Gasteiger partial charge in [0.2, 0.25) is 0 Å². The van der Waals surface area contributed by atoms with Gasteiger partial charge in [-0.25, -0.2) is 14.4 Å². The minimum absolute atomic E-state index is 0.203. The van der Waals surface area contributed by atoms with Crippen molar-refractivity contribution in [3.63, 3.8) is 0 Å². The number of carbonyl (C=O) groups is 1. The van der Waals surface area contributed by atoms with Crippen LogP contribution in [-0.2, 0) is 0 Å². The molecule has 0 spiro atoms. The second-order valence-electron chi connectivity index (χ2n) is 6.02. The molecule has 0 radical (unpaired) electrons. The summed E-state index contributed by atoms with van der Waals surface area (Å²) in [5.41, 5.74) is 3.75. The summed E-state index contributed by atoms with van der Waals surface area (Å²) in [6, 6.07) is 13.2. The van der Waals surface area contributed by atoms with E-state index in [0.29, 0.717) is 17.3 Å². The van der Waals surface area contributed by atoms with Crippen LogP contribution < -0.4 is 10.6 Å². The van der Waals surface area contributed by atoms with Crippen molar-refractivity contribution >= 4 is 23.1 Å². The van der Waals surface area contributed by atoms with Crippen molar-refractivity contribution in [2.24, 2.45) is 0 Å². The highest BCUT2D eigenvalue weighted by atomic mass is 19.1. The number of nitrogens with one attached hydrogen (secondary N) is 2. The molecule has 5 nitrogen and oxygen atoms in total. The van der Waals surface area contributed by atoms with Gasteiger partial charge in [-0.3, -0.25) is 4.79 Å². The highest BCUT2D eigenvalue weighted by Gasteiger charge is 2.12. The Morgan fingerprint density at radius 2 is 1.77 bits per heavy atom. The monoisotopic (exact) mass is 350 g/mol. The van der Waals surface area contributed by atoms with Gasteiger partial charge in [0.1, 0.15) is 23.2 Å². The predicted molar refractivity (Wildman–Crippen MR) is 100 cm³/mol. The first-order valence-corrected chi connectivity index (χ1v) is 8.18. The van der Waals surface area contributed by atoms with E-state index in [0.717, 1.165) is 16.8 Å². The molecule has 0 fully saturated rings. The van der Waals surface area contributed by atoms with Crippen molar-refractivity contribution in [2.75, 3.05) is 10.6 Å². The van der Waals surface area contributed by atoms with Crippen LogP contribution in [0.5, 0.6) is 0 Å². The molecule has 0 saturated carbocycles. The van der Waals surface area contributed by atoms with E-state index in [2.05, 4.69) is 20.6 Å². The smallest absolute Gasteiger partial charge is 0.274 e. The molecule has 26 heavy (non-hydrogen) atoms. The van der Waals surface area contributed by atoms with Gasteiger partial charge in [-0.2, -0.15) is 0 Å². The number of hydrogen-bond donors (Lipinski definition) is 2. The van der Waals surface area contributed by atoms with E-state index in [1.807, 2.05) is 32.0 Å². The Morgan fingerprint density at radius 1 is 1.00 bits per heavy atom. The molecule has 6 heteroatoms. The number of nitrogens with zero attached hydrogens (tertiary/aromatic N) is 2. The van der Waals surface area contributed by atoms with Crippen molar-refractivity contribution in [2.45, 2.75) is 20.8 Å². The van der Waals surface area contributed by atoms with Gasteiger partial charge < -0.3 is 10.6 Å². The van der Waals surface area contributed by atoms with Crippen LogP contribution >= 0.6 is 0 Å². The summed E-state index contributed by atoms with van der Waals surface area (Å²) in [5, 5.41) is 5.87.